The molecule has 0 saturated heterocycles. The summed E-state index contributed by atoms with van der Waals surface area (Å²) in [4.78, 5) is 16.6. The molecule has 11 heteroatoms. The summed E-state index contributed by atoms with van der Waals surface area (Å²) in [7, 11) is 1.37. The number of rotatable bonds is 9. The number of nitrogens with two attached hydrogens (primary N) is 2. The monoisotopic (exact) mass is 504 g/mol. The van der Waals surface area contributed by atoms with Gasteiger partial charge in [0.05, 0.1) is 13.7 Å². The van der Waals surface area contributed by atoms with Crippen LogP contribution >= 0.6 is 15.9 Å². The van der Waals surface area contributed by atoms with Crippen LogP contribution < -0.4 is 21.5 Å². The number of allylic oxidation sites excluding steroid dienone is 2. The molecule has 170 valence electrons. The van der Waals surface area contributed by atoms with Gasteiger partial charge in [0.1, 0.15) is 18.3 Å². The van der Waals surface area contributed by atoms with E-state index in [0.717, 1.165) is 13.0 Å². The van der Waals surface area contributed by atoms with Crippen LogP contribution in [0.25, 0.3) is 0 Å². The van der Waals surface area contributed by atoms with E-state index in [0.29, 0.717) is 4.47 Å². The molecular weight excluding hydrogens is 481 g/mol. The lowest BCUT2D eigenvalue weighted by Gasteiger charge is -2.38. The standard InChI is InChI=1S/C20H24BrF3N4O3/c1-11(25)9-31-10-20(23,24)19(2,26)14-7-13(4-5-15(14)22)28-18(29)17-16(30-3)6-12(21)8-27-17/h4,6-8,15H,1,5,9-10,25-26H2,2-3H3,(H,28,29). The SMILES string of the molecule is C=C(N)COCC(F)(F)C(C)(N)C1=CC(NC(=O)c2ncc(Br)cc2OC)=CCC1F. The molecule has 0 aliphatic heterocycles. The van der Waals surface area contributed by atoms with Gasteiger partial charge in [-0.2, -0.15) is 0 Å². The molecule has 31 heavy (non-hydrogen) atoms. The molecule has 7 nitrogen and oxygen atoms in total. The van der Waals surface area contributed by atoms with Gasteiger partial charge in [-0.3, -0.25) is 4.79 Å². The Hall–Kier alpha value is -2.37. The van der Waals surface area contributed by atoms with Gasteiger partial charge in [0.25, 0.3) is 11.8 Å². The van der Waals surface area contributed by atoms with Crippen molar-refractivity contribution < 1.29 is 27.4 Å². The fourth-order valence-electron chi connectivity index (χ4n) is 2.85. The van der Waals surface area contributed by atoms with E-state index in [1.165, 1.54) is 19.4 Å². The first-order chi connectivity index (χ1) is 14.4. The van der Waals surface area contributed by atoms with Crippen LogP contribution in [0.15, 0.2) is 52.4 Å². The lowest BCUT2D eigenvalue weighted by Crippen LogP contribution is -2.59. The lowest BCUT2D eigenvalue weighted by molar-refractivity contribution is -0.112. The zero-order valence-electron chi connectivity index (χ0n) is 17.1. The molecule has 0 fully saturated rings. The van der Waals surface area contributed by atoms with Crippen molar-refractivity contribution in [2.75, 3.05) is 20.3 Å². The quantitative estimate of drug-likeness (QED) is 0.476. The molecule has 0 bridgehead atoms. The van der Waals surface area contributed by atoms with Crippen molar-refractivity contribution in [3.63, 3.8) is 0 Å². The highest BCUT2D eigenvalue weighted by Crippen LogP contribution is 2.38. The van der Waals surface area contributed by atoms with Crippen LogP contribution in [0.4, 0.5) is 13.2 Å². The van der Waals surface area contributed by atoms with Crippen molar-refractivity contribution in [3.05, 3.63) is 58.1 Å². The molecular formula is C20H24BrF3N4O3. The minimum absolute atomic E-state index is 0.0276. The van der Waals surface area contributed by atoms with Crippen molar-refractivity contribution in [1.29, 1.82) is 0 Å². The van der Waals surface area contributed by atoms with Crippen LogP contribution in [0.2, 0.25) is 0 Å². The molecule has 1 aromatic rings. The van der Waals surface area contributed by atoms with Gasteiger partial charge in [0.15, 0.2) is 11.4 Å². The van der Waals surface area contributed by atoms with E-state index in [1.807, 2.05) is 0 Å². The Morgan fingerprint density at radius 2 is 2.16 bits per heavy atom. The summed E-state index contributed by atoms with van der Waals surface area (Å²) in [5, 5.41) is 2.52. The van der Waals surface area contributed by atoms with Gasteiger partial charge < -0.3 is 26.3 Å². The first kappa shape index (κ1) is 24.9. The van der Waals surface area contributed by atoms with Crippen LogP contribution in [-0.2, 0) is 4.74 Å². The Morgan fingerprint density at radius 3 is 2.77 bits per heavy atom. The molecule has 1 amide bonds. The minimum atomic E-state index is -3.62. The number of halogens is 4. The van der Waals surface area contributed by atoms with Crippen molar-refractivity contribution in [3.8, 4) is 5.75 Å². The maximum atomic E-state index is 14.7. The van der Waals surface area contributed by atoms with Gasteiger partial charge in [-0.15, -0.1) is 0 Å². The van der Waals surface area contributed by atoms with E-state index in [2.05, 4.69) is 32.8 Å². The summed E-state index contributed by atoms with van der Waals surface area (Å²) >= 11 is 3.22. The van der Waals surface area contributed by atoms with E-state index in [1.54, 1.807) is 6.07 Å². The highest BCUT2D eigenvalue weighted by molar-refractivity contribution is 9.10. The van der Waals surface area contributed by atoms with Crippen LogP contribution in [0.3, 0.4) is 0 Å². The first-order valence-corrected chi connectivity index (χ1v) is 9.93. The highest BCUT2D eigenvalue weighted by Gasteiger charge is 2.52. The summed E-state index contributed by atoms with van der Waals surface area (Å²) in [6, 6.07) is 1.55. The number of hydrogen-bond donors (Lipinski definition) is 3. The van der Waals surface area contributed by atoms with Gasteiger partial charge in [-0.05, 0) is 40.6 Å². The molecule has 2 unspecified atom stereocenters. The first-order valence-electron chi connectivity index (χ1n) is 9.14. The summed E-state index contributed by atoms with van der Waals surface area (Å²) in [5.41, 5.74) is 8.57. The fraction of sp³-hybridized carbons (Fsp3) is 0.400. The summed E-state index contributed by atoms with van der Waals surface area (Å²) in [6.07, 6.45) is 1.88. The van der Waals surface area contributed by atoms with Gasteiger partial charge in [-0.1, -0.05) is 12.7 Å². The lowest BCUT2D eigenvalue weighted by atomic mass is 9.80. The Bertz CT molecular complexity index is 919. The Morgan fingerprint density at radius 1 is 1.48 bits per heavy atom. The third kappa shape index (κ3) is 5.86. The zero-order chi connectivity index (χ0) is 23.4. The van der Waals surface area contributed by atoms with E-state index in [-0.39, 0.29) is 41.4 Å². The number of amides is 1. The Balaban J connectivity index is 2.24. The number of hydrogen-bond acceptors (Lipinski definition) is 6. The van der Waals surface area contributed by atoms with Crippen LogP contribution in [0.5, 0.6) is 5.75 Å². The molecule has 0 spiro atoms. The maximum absolute atomic E-state index is 14.7. The summed E-state index contributed by atoms with van der Waals surface area (Å²) < 4.78 is 54.6. The number of ether oxygens (including phenoxy) is 2. The molecule has 5 N–H and O–H groups in total. The molecule has 1 aromatic heterocycles. The molecule has 0 saturated carbocycles. The second-order valence-electron chi connectivity index (χ2n) is 7.18. The zero-order valence-corrected chi connectivity index (χ0v) is 18.6. The predicted molar refractivity (Wildman–Crippen MR) is 113 cm³/mol. The average Bonchev–Trinajstić information content (AvgIpc) is 2.68. The average molecular weight is 505 g/mol. The molecule has 0 aromatic carbocycles. The molecule has 2 atom stereocenters. The highest BCUT2D eigenvalue weighted by atomic mass is 79.9. The van der Waals surface area contributed by atoms with Crippen LogP contribution in [0, 0.1) is 0 Å². The number of pyridine rings is 1. The predicted octanol–water partition coefficient (Wildman–Crippen LogP) is 2.98. The third-order valence-electron chi connectivity index (χ3n) is 4.64. The van der Waals surface area contributed by atoms with Gasteiger partial charge in [-0.25, -0.2) is 18.2 Å². The number of nitrogens with zero attached hydrogens (tertiary/aromatic N) is 1. The van der Waals surface area contributed by atoms with Crippen LogP contribution in [0.1, 0.15) is 23.8 Å². The number of alkyl halides is 3. The fourth-order valence-corrected chi connectivity index (χ4v) is 3.16. The maximum Gasteiger partial charge on any atom is 0.292 e. The summed E-state index contributed by atoms with van der Waals surface area (Å²) in [6.45, 7) is 3.01. The topological polar surface area (TPSA) is 112 Å². The second-order valence-corrected chi connectivity index (χ2v) is 8.09. The summed E-state index contributed by atoms with van der Waals surface area (Å²) in [5.74, 6) is -4.08. The normalized spacial score (nSPS) is 18.5. The van der Waals surface area contributed by atoms with Crippen molar-refractivity contribution in [2.45, 2.75) is 31.0 Å². The molecule has 2 rings (SSSR count). The second kappa shape index (κ2) is 9.84. The third-order valence-corrected chi connectivity index (χ3v) is 5.07. The Labute approximate surface area is 186 Å². The molecule has 0 radical (unpaired) electrons. The smallest absolute Gasteiger partial charge is 0.292 e. The largest absolute Gasteiger partial charge is 0.494 e. The Kier molecular flexibility index (Phi) is 7.90. The van der Waals surface area contributed by atoms with E-state index in [9.17, 15) is 18.0 Å². The van der Waals surface area contributed by atoms with Crippen molar-refractivity contribution in [2.24, 2.45) is 11.5 Å². The van der Waals surface area contributed by atoms with Crippen molar-refractivity contribution >= 4 is 21.8 Å². The molecule has 1 aliphatic rings. The molecule has 1 heterocycles. The van der Waals surface area contributed by atoms with Crippen molar-refractivity contribution in [1.82, 2.24) is 10.3 Å². The number of nitrogens with one attached hydrogen (secondary N) is 1. The number of carbonyl (C=O) groups is 1. The van der Waals surface area contributed by atoms with Gasteiger partial charge >= 0.3 is 0 Å². The number of carbonyl (C=O) groups excluding carboxylic acids is 1. The number of methoxy groups -OCH3 is 1. The van der Waals surface area contributed by atoms with Gasteiger partial charge in [0.2, 0.25) is 0 Å². The minimum Gasteiger partial charge on any atom is -0.494 e. The van der Waals surface area contributed by atoms with Crippen LogP contribution in [-0.4, -0.2) is 48.8 Å². The number of aromatic nitrogens is 1. The van der Waals surface area contributed by atoms with E-state index in [4.69, 9.17) is 20.9 Å². The van der Waals surface area contributed by atoms with E-state index >= 15 is 0 Å². The molecule has 1 aliphatic carbocycles. The van der Waals surface area contributed by atoms with E-state index < -0.39 is 30.1 Å². The van der Waals surface area contributed by atoms with Gasteiger partial charge in [0, 0.05) is 28.5 Å².